The average Bonchev–Trinajstić information content (AvgIpc) is 2.79. The molecule has 0 aliphatic heterocycles. The van der Waals surface area contributed by atoms with Crippen molar-refractivity contribution in [1.29, 1.82) is 0 Å². The zero-order valence-corrected chi connectivity index (χ0v) is 17.8. The minimum absolute atomic E-state index is 0.0956. The van der Waals surface area contributed by atoms with E-state index in [1.165, 1.54) is 6.20 Å². The Balaban J connectivity index is 2.61. The number of halogens is 4. The molecule has 26 heavy (non-hydrogen) atoms. The normalized spacial score (nSPS) is 15.6. The highest BCUT2D eigenvalue weighted by molar-refractivity contribution is 9.10. The summed E-state index contributed by atoms with van der Waals surface area (Å²) >= 11 is 3.39. The first kappa shape index (κ1) is 21.4. The lowest BCUT2D eigenvalue weighted by Gasteiger charge is -2.25. The fourth-order valence-corrected chi connectivity index (χ4v) is 3.84. The Hall–Kier alpha value is -0.860. The van der Waals surface area contributed by atoms with E-state index >= 15 is 0 Å². The number of nitrogens with one attached hydrogen (secondary N) is 1. The largest absolute Gasteiger partial charge is 0.408 e. The van der Waals surface area contributed by atoms with E-state index in [9.17, 15) is 17.4 Å². The number of hydrogen-bond acceptors (Lipinski definition) is 1. The summed E-state index contributed by atoms with van der Waals surface area (Å²) in [5, 5.41) is 0.509. The molecule has 0 amide bonds. The molecule has 1 aromatic carbocycles. The maximum absolute atomic E-state index is 13.8. The maximum Gasteiger partial charge on any atom is 0.408 e. The van der Waals surface area contributed by atoms with Gasteiger partial charge in [0.05, 0.1) is 15.7 Å². The van der Waals surface area contributed by atoms with E-state index in [0.29, 0.717) is 11.9 Å². The zero-order valence-electron chi connectivity index (χ0n) is 15.4. The molecule has 0 aliphatic rings. The lowest BCUT2D eigenvalue weighted by Crippen LogP contribution is -2.41. The Labute approximate surface area is 163 Å². The van der Waals surface area contributed by atoms with Gasteiger partial charge in [0.2, 0.25) is 0 Å². The van der Waals surface area contributed by atoms with Crippen molar-refractivity contribution in [2.24, 2.45) is 5.92 Å². The summed E-state index contributed by atoms with van der Waals surface area (Å²) in [4.78, 5) is 0. The second kappa shape index (κ2) is 7.64. The molecule has 0 saturated heterocycles. The number of alkyl halides is 3. The van der Waals surface area contributed by atoms with Gasteiger partial charge in [0.15, 0.2) is 0 Å². The van der Waals surface area contributed by atoms with E-state index in [2.05, 4.69) is 20.7 Å². The van der Waals surface area contributed by atoms with Crippen molar-refractivity contribution in [3.63, 3.8) is 0 Å². The minimum atomic E-state index is -4.56. The molecule has 146 valence electrons. The zero-order chi connectivity index (χ0) is 19.9. The van der Waals surface area contributed by atoms with Gasteiger partial charge >= 0.3 is 6.18 Å². The SMILES string of the molecule is CC(C)Cn1cc(C(NS(=O)C(C)(C)C)C(F)(F)F)c2ccc(Br)cc21. The van der Waals surface area contributed by atoms with E-state index in [1.807, 2.05) is 24.5 Å². The van der Waals surface area contributed by atoms with E-state index in [-0.39, 0.29) is 11.5 Å². The standard InChI is InChI=1S/C18H24BrF3N2OS/c1-11(2)9-24-10-14(13-7-6-12(19)8-15(13)24)16(18(20,21)22)23-26(25)17(3,4)5/h6-8,10-11,16,23H,9H2,1-5H3. The molecule has 2 rings (SSSR count). The Morgan fingerprint density at radius 1 is 1.23 bits per heavy atom. The van der Waals surface area contributed by atoms with Crippen molar-refractivity contribution in [3.05, 3.63) is 34.4 Å². The molecule has 2 aromatic rings. The van der Waals surface area contributed by atoms with Crippen LogP contribution in [0.2, 0.25) is 0 Å². The summed E-state index contributed by atoms with van der Waals surface area (Å²) in [6, 6.07) is 3.21. The van der Waals surface area contributed by atoms with Crippen molar-refractivity contribution in [2.75, 3.05) is 0 Å². The van der Waals surface area contributed by atoms with Crippen molar-refractivity contribution in [3.8, 4) is 0 Å². The van der Waals surface area contributed by atoms with Gasteiger partial charge in [-0.1, -0.05) is 35.8 Å². The minimum Gasteiger partial charge on any atom is -0.347 e. The number of hydrogen-bond donors (Lipinski definition) is 1. The number of rotatable bonds is 5. The van der Waals surface area contributed by atoms with Gasteiger partial charge in [0, 0.05) is 33.7 Å². The summed E-state index contributed by atoms with van der Waals surface area (Å²) in [5.74, 6) is 0.276. The van der Waals surface area contributed by atoms with E-state index in [0.717, 1.165) is 9.99 Å². The van der Waals surface area contributed by atoms with Crippen molar-refractivity contribution in [2.45, 2.75) is 58.1 Å². The third kappa shape index (κ3) is 4.89. The summed E-state index contributed by atoms with van der Waals surface area (Å²) in [7, 11) is -1.85. The van der Waals surface area contributed by atoms with Crippen LogP contribution in [0.25, 0.3) is 10.9 Å². The lowest BCUT2D eigenvalue weighted by atomic mass is 10.1. The van der Waals surface area contributed by atoms with Crippen LogP contribution in [0.5, 0.6) is 0 Å². The summed E-state index contributed by atoms with van der Waals surface area (Å²) in [5.41, 5.74) is 0.818. The van der Waals surface area contributed by atoms with Crippen LogP contribution in [-0.4, -0.2) is 19.7 Å². The smallest absolute Gasteiger partial charge is 0.347 e. The number of aromatic nitrogens is 1. The Bertz CT molecular complexity index is 809. The number of fused-ring (bicyclic) bond motifs is 1. The fourth-order valence-electron chi connectivity index (χ4n) is 2.66. The second-order valence-electron chi connectivity index (χ2n) is 7.77. The molecule has 0 fully saturated rings. The van der Waals surface area contributed by atoms with E-state index in [4.69, 9.17) is 0 Å². The molecule has 1 aromatic heterocycles. The monoisotopic (exact) mass is 452 g/mol. The van der Waals surface area contributed by atoms with Crippen LogP contribution in [0.1, 0.15) is 46.2 Å². The van der Waals surface area contributed by atoms with Crippen molar-refractivity contribution in [1.82, 2.24) is 9.29 Å². The van der Waals surface area contributed by atoms with Crippen LogP contribution in [0, 0.1) is 5.92 Å². The third-order valence-corrected chi connectivity index (χ3v) is 5.91. The van der Waals surface area contributed by atoms with Gasteiger partial charge in [-0.3, -0.25) is 0 Å². The van der Waals surface area contributed by atoms with Gasteiger partial charge in [0.1, 0.15) is 6.04 Å². The highest BCUT2D eigenvalue weighted by Crippen LogP contribution is 2.39. The van der Waals surface area contributed by atoms with E-state index < -0.39 is 28.0 Å². The fraction of sp³-hybridized carbons (Fsp3) is 0.556. The molecule has 0 saturated carbocycles. The molecule has 0 aliphatic carbocycles. The highest BCUT2D eigenvalue weighted by atomic mass is 79.9. The quantitative estimate of drug-likeness (QED) is 0.618. The average molecular weight is 453 g/mol. The van der Waals surface area contributed by atoms with Gasteiger partial charge < -0.3 is 4.57 Å². The van der Waals surface area contributed by atoms with Crippen LogP contribution in [0.4, 0.5) is 13.2 Å². The van der Waals surface area contributed by atoms with Gasteiger partial charge in [-0.2, -0.15) is 13.2 Å². The molecule has 2 unspecified atom stereocenters. The van der Waals surface area contributed by atoms with Gasteiger partial charge in [-0.25, -0.2) is 8.93 Å². The molecule has 3 nitrogen and oxygen atoms in total. The summed E-state index contributed by atoms with van der Waals surface area (Å²) in [6.45, 7) is 9.54. The summed E-state index contributed by atoms with van der Waals surface area (Å²) < 4.78 is 57.9. The van der Waals surface area contributed by atoms with Crippen LogP contribution in [0.3, 0.4) is 0 Å². The van der Waals surface area contributed by atoms with Gasteiger partial charge in [0.25, 0.3) is 0 Å². The molecule has 8 heteroatoms. The summed E-state index contributed by atoms with van der Waals surface area (Å²) in [6.07, 6.45) is -3.03. The van der Waals surface area contributed by atoms with E-state index in [1.54, 1.807) is 32.9 Å². The second-order valence-corrected chi connectivity index (χ2v) is 10.7. The number of benzene rings is 1. The van der Waals surface area contributed by atoms with Crippen molar-refractivity contribution >= 4 is 37.8 Å². The molecular formula is C18H24BrF3N2OS. The third-order valence-electron chi connectivity index (χ3n) is 3.86. The van der Waals surface area contributed by atoms with Gasteiger partial charge in [-0.15, -0.1) is 0 Å². The molecule has 1 heterocycles. The maximum atomic E-state index is 13.8. The Kier molecular flexibility index (Phi) is 6.30. The van der Waals surface area contributed by atoms with Crippen LogP contribution >= 0.6 is 15.9 Å². The highest BCUT2D eigenvalue weighted by Gasteiger charge is 2.44. The Morgan fingerprint density at radius 3 is 2.35 bits per heavy atom. The first-order valence-electron chi connectivity index (χ1n) is 8.33. The molecule has 2 atom stereocenters. The molecular weight excluding hydrogens is 429 g/mol. The number of nitrogens with zero attached hydrogens (tertiary/aromatic N) is 1. The van der Waals surface area contributed by atoms with Crippen molar-refractivity contribution < 1.29 is 17.4 Å². The predicted octanol–water partition coefficient (Wildman–Crippen LogP) is 5.72. The van der Waals surface area contributed by atoms with Crippen LogP contribution in [-0.2, 0) is 17.5 Å². The molecule has 0 radical (unpaired) electrons. The first-order chi connectivity index (χ1) is 11.8. The topological polar surface area (TPSA) is 34.0 Å². The van der Waals surface area contributed by atoms with Gasteiger partial charge in [-0.05, 0) is 38.8 Å². The molecule has 0 spiro atoms. The first-order valence-corrected chi connectivity index (χ1v) is 10.3. The molecule has 1 N–H and O–H groups in total. The molecule has 0 bridgehead atoms. The Morgan fingerprint density at radius 2 is 1.85 bits per heavy atom. The lowest BCUT2D eigenvalue weighted by molar-refractivity contribution is -0.152. The van der Waals surface area contributed by atoms with Crippen LogP contribution in [0.15, 0.2) is 28.9 Å². The predicted molar refractivity (Wildman–Crippen MR) is 104 cm³/mol. The van der Waals surface area contributed by atoms with Crippen LogP contribution < -0.4 is 4.72 Å².